The molecule has 8 heteroatoms. The SMILES string of the molecule is CCc1nncn1CCNC(=NC)NCc1cc(C(CC)CC)no1. The van der Waals surface area contributed by atoms with Crippen LogP contribution in [0.5, 0.6) is 0 Å². The van der Waals surface area contributed by atoms with Crippen molar-refractivity contribution in [1.29, 1.82) is 0 Å². The maximum atomic E-state index is 5.42. The number of aliphatic imine (C=N–C) groups is 1. The van der Waals surface area contributed by atoms with Crippen LogP contribution < -0.4 is 10.6 Å². The number of nitrogens with one attached hydrogen (secondary N) is 2. The van der Waals surface area contributed by atoms with Gasteiger partial charge in [0.05, 0.1) is 12.2 Å². The van der Waals surface area contributed by atoms with E-state index in [4.69, 9.17) is 4.52 Å². The highest BCUT2D eigenvalue weighted by molar-refractivity contribution is 5.79. The minimum absolute atomic E-state index is 0.464. The van der Waals surface area contributed by atoms with Gasteiger partial charge in [-0.05, 0) is 12.8 Å². The molecular formula is C17H29N7O. The molecule has 2 aromatic rings. The van der Waals surface area contributed by atoms with E-state index < -0.39 is 0 Å². The molecule has 8 nitrogen and oxygen atoms in total. The van der Waals surface area contributed by atoms with Crippen molar-refractivity contribution in [3.05, 3.63) is 29.7 Å². The molecule has 0 aliphatic rings. The zero-order valence-corrected chi connectivity index (χ0v) is 15.6. The fourth-order valence-corrected chi connectivity index (χ4v) is 2.74. The number of aromatic nitrogens is 4. The molecule has 0 atom stereocenters. The number of hydrogen-bond acceptors (Lipinski definition) is 5. The first-order chi connectivity index (χ1) is 12.2. The Balaban J connectivity index is 1.78. The second-order valence-corrected chi connectivity index (χ2v) is 5.88. The van der Waals surface area contributed by atoms with Crippen LogP contribution in [-0.4, -0.2) is 39.5 Å². The number of hydrogen-bond donors (Lipinski definition) is 2. The normalized spacial score (nSPS) is 12.0. The standard InChI is InChI=1S/C17H29N7O/c1-5-13(6-2)15-10-14(25-23-15)11-20-17(18-4)19-8-9-24-12-21-22-16(24)7-3/h10,12-13H,5-9,11H2,1-4H3,(H2,18,19,20). The van der Waals surface area contributed by atoms with Gasteiger partial charge in [0, 0.05) is 38.5 Å². The first kappa shape index (κ1) is 19.0. The molecule has 2 heterocycles. The largest absolute Gasteiger partial charge is 0.359 e. The molecule has 2 rings (SSSR count). The van der Waals surface area contributed by atoms with E-state index in [1.807, 2.05) is 10.6 Å². The molecule has 138 valence electrons. The predicted octanol–water partition coefficient (Wildman–Crippen LogP) is 2.10. The Morgan fingerprint density at radius 3 is 2.76 bits per heavy atom. The summed E-state index contributed by atoms with van der Waals surface area (Å²) in [5, 5.41) is 18.7. The lowest BCUT2D eigenvalue weighted by Crippen LogP contribution is -2.38. The monoisotopic (exact) mass is 347 g/mol. The molecule has 0 aliphatic carbocycles. The summed E-state index contributed by atoms with van der Waals surface area (Å²) in [6.07, 6.45) is 4.77. The van der Waals surface area contributed by atoms with E-state index >= 15 is 0 Å². The van der Waals surface area contributed by atoms with Crippen LogP contribution in [0, 0.1) is 0 Å². The summed E-state index contributed by atoms with van der Waals surface area (Å²) in [4.78, 5) is 4.23. The Bertz CT molecular complexity index is 658. The lowest BCUT2D eigenvalue weighted by atomic mass is 9.99. The second-order valence-electron chi connectivity index (χ2n) is 5.88. The van der Waals surface area contributed by atoms with E-state index in [2.05, 4.69) is 51.8 Å². The van der Waals surface area contributed by atoms with Crippen LogP contribution in [0.2, 0.25) is 0 Å². The summed E-state index contributed by atoms with van der Waals surface area (Å²) in [5.74, 6) is 3.00. The number of guanidine groups is 1. The summed E-state index contributed by atoms with van der Waals surface area (Å²) < 4.78 is 7.46. The van der Waals surface area contributed by atoms with Crippen molar-refractivity contribution >= 4 is 5.96 Å². The van der Waals surface area contributed by atoms with Crippen LogP contribution in [0.25, 0.3) is 0 Å². The molecule has 0 amide bonds. The lowest BCUT2D eigenvalue weighted by Gasteiger charge is -2.11. The highest BCUT2D eigenvalue weighted by Gasteiger charge is 2.13. The van der Waals surface area contributed by atoms with Crippen LogP contribution in [0.15, 0.2) is 21.9 Å². The van der Waals surface area contributed by atoms with Crippen LogP contribution in [0.1, 0.15) is 56.8 Å². The molecule has 0 bridgehead atoms. The summed E-state index contributed by atoms with van der Waals surface area (Å²) in [6, 6.07) is 2.03. The van der Waals surface area contributed by atoms with Gasteiger partial charge >= 0.3 is 0 Å². The van der Waals surface area contributed by atoms with Gasteiger partial charge in [-0.15, -0.1) is 10.2 Å². The van der Waals surface area contributed by atoms with Gasteiger partial charge < -0.3 is 19.7 Å². The summed E-state index contributed by atoms with van der Waals surface area (Å²) in [6.45, 7) is 8.50. The first-order valence-electron chi connectivity index (χ1n) is 8.98. The molecule has 0 aromatic carbocycles. The van der Waals surface area contributed by atoms with Gasteiger partial charge in [0.2, 0.25) is 0 Å². The summed E-state index contributed by atoms with van der Waals surface area (Å²) in [5.41, 5.74) is 1.03. The highest BCUT2D eigenvalue weighted by Crippen LogP contribution is 2.22. The minimum Gasteiger partial charge on any atom is -0.359 e. The zero-order chi connectivity index (χ0) is 18.1. The third-order valence-electron chi connectivity index (χ3n) is 4.29. The molecule has 0 aliphatic heterocycles. The molecule has 0 radical (unpaired) electrons. The third-order valence-corrected chi connectivity index (χ3v) is 4.29. The van der Waals surface area contributed by atoms with E-state index in [-0.39, 0.29) is 0 Å². The maximum absolute atomic E-state index is 5.42. The molecule has 2 aromatic heterocycles. The van der Waals surface area contributed by atoms with E-state index in [0.717, 1.165) is 55.6 Å². The van der Waals surface area contributed by atoms with E-state index in [1.54, 1.807) is 13.4 Å². The van der Waals surface area contributed by atoms with E-state index in [9.17, 15) is 0 Å². The average Bonchev–Trinajstić information content (AvgIpc) is 3.28. The molecule has 0 saturated heterocycles. The van der Waals surface area contributed by atoms with Crippen molar-refractivity contribution < 1.29 is 4.52 Å². The Morgan fingerprint density at radius 2 is 2.08 bits per heavy atom. The van der Waals surface area contributed by atoms with Crippen molar-refractivity contribution in [1.82, 2.24) is 30.6 Å². The Labute approximate surface area is 149 Å². The van der Waals surface area contributed by atoms with Crippen molar-refractivity contribution in [2.45, 2.75) is 59.0 Å². The third kappa shape index (κ3) is 5.30. The molecule has 0 fully saturated rings. The van der Waals surface area contributed by atoms with Gasteiger partial charge in [0.15, 0.2) is 11.7 Å². The molecule has 0 saturated carbocycles. The fraction of sp³-hybridized carbons (Fsp3) is 0.647. The van der Waals surface area contributed by atoms with Crippen molar-refractivity contribution in [3.8, 4) is 0 Å². The first-order valence-corrected chi connectivity index (χ1v) is 8.98. The van der Waals surface area contributed by atoms with Gasteiger partial charge in [0.25, 0.3) is 0 Å². The van der Waals surface area contributed by atoms with Crippen molar-refractivity contribution in [2.75, 3.05) is 13.6 Å². The molecule has 0 spiro atoms. The molecule has 25 heavy (non-hydrogen) atoms. The smallest absolute Gasteiger partial charge is 0.191 e. The van der Waals surface area contributed by atoms with Crippen molar-refractivity contribution in [3.63, 3.8) is 0 Å². The Hall–Kier alpha value is -2.38. The van der Waals surface area contributed by atoms with E-state index in [1.165, 1.54) is 0 Å². The van der Waals surface area contributed by atoms with Crippen molar-refractivity contribution in [2.24, 2.45) is 4.99 Å². The Kier molecular flexibility index (Phi) is 7.43. The topological polar surface area (TPSA) is 93.2 Å². The number of rotatable bonds is 9. The Morgan fingerprint density at radius 1 is 1.28 bits per heavy atom. The summed E-state index contributed by atoms with van der Waals surface area (Å²) >= 11 is 0. The van der Waals surface area contributed by atoms with E-state index in [0.29, 0.717) is 12.5 Å². The zero-order valence-electron chi connectivity index (χ0n) is 15.6. The molecular weight excluding hydrogens is 318 g/mol. The lowest BCUT2D eigenvalue weighted by molar-refractivity contribution is 0.368. The predicted molar refractivity (Wildman–Crippen MR) is 97.4 cm³/mol. The second kappa shape index (κ2) is 9.80. The van der Waals surface area contributed by atoms with Crippen LogP contribution >= 0.6 is 0 Å². The minimum atomic E-state index is 0.464. The van der Waals surface area contributed by atoms with Gasteiger partial charge in [-0.3, -0.25) is 4.99 Å². The fourth-order valence-electron chi connectivity index (χ4n) is 2.74. The molecule has 2 N–H and O–H groups in total. The average molecular weight is 347 g/mol. The maximum Gasteiger partial charge on any atom is 0.191 e. The van der Waals surface area contributed by atoms with Gasteiger partial charge in [-0.1, -0.05) is 25.9 Å². The quantitative estimate of drug-likeness (QED) is 0.533. The van der Waals surface area contributed by atoms with Crippen LogP contribution in [0.4, 0.5) is 0 Å². The van der Waals surface area contributed by atoms with Crippen LogP contribution in [0.3, 0.4) is 0 Å². The van der Waals surface area contributed by atoms with Crippen LogP contribution in [-0.2, 0) is 19.5 Å². The highest BCUT2D eigenvalue weighted by atomic mass is 16.5. The van der Waals surface area contributed by atoms with Gasteiger partial charge in [-0.2, -0.15) is 0 Å². The molecule has 0 unspecified atom stereocenters. The number of aryl methyl sites for hydroxylation is 1. The van der Waals surface area contributed by atoms with Gasteiger partial charge in [0.1, 0.15) is 12.2 Å². The van der Waals surface area contributed by atoms with Gasteiger partial charge in [-0.25, -0.2) is 0 Å². The number of nitrogens with zero attached hydrogens (tertiary/aromatic N) is 5. The summed E-state index contributed by atoms with van der Waals surface area (Å²) in [7, 11) is 1.75.